The van der Waals surface area contributed by atoms with Crippen molar-refractivity contribution in [2.24, 2.45) is 0 Å². The molecule has 1 N–H and O–H groups in total. The van der Waals surface area contributed by atoms with Crippen LogP contribution in [0.15, 0.2) is 60.7 Å². The zero-order valence-electron chi connectivity index (χ0n) is 12.4. The number of anilines is 1. The number of aryl methyl sites for hydroxylation is 1. The zero-order chi connectivity index (χ0) is 16.4. The summed E-state index contributed by atoms with van der Waals surface area (Å²) in [6.45, 7) is 1.66. The quantitative estimate of drug-likeness (QED) is 0.579. The molecule has 5 nitrogen and oxygen atoms in total. The maximum Gasteiger partial charge on any atom is 0.274 e. The van der Waals surface area contributed by atoms with E-state index in [1.165, 1.54) is 6.07 Å². The number of nitrogens with zero attached hydrogens (tertiary/aromatic N) is 1. The van der Waals surface area contributed by atoms with Gasteiger partial charge >= 0.3 is 0 Å². The Morgan fingerprint density at radius 2 is 1.74 bits per heavy atom. The monoisotopic (exact) mass is 306 g/mol. The van der Waals surface area contributed by atoms with E-state index in [9.17, 15) is 14.9 Å². The van der Waals surface area contributed by atoms with Gasteiger partial charge in [0.1, 0.15) is 0 Å². The maximum atomic E-state index is 12.3. The molecule has 0 bridgehead atoms. The minimum Gasteiger partial charge on any atom is -0.322 e. The predicted octanol–water partition coefficient (Wildman–Crippen LogP) is 4.31. The van der Waals surface area contributed by atoms with Gasteiger partial charge in [-0.15, -0.1) is 0 Å². The summed E-state index contributed by atoms with van der Waals surface area (Å²) in [6.07, 6.45) is 0. The number of hydrogen-bond donors (Lipinski definition) is 1. The third kappa shape index (κ3) is 3.03. The van der Waals surface area contributed by atoms with Gasteiger partial charge in [0.15, 0.2) is 0 Å². The fourth-order valence-corrected chi connectivity index (χ4v) is 2.42. The average Bonchev–Trinajstić information content (AvgIpc) is 2.55. The van der Waals surface area contributed by atoms with Crippen LogP contribution < -0.4 is 5.32 Å². The normalized spacial score (nSPS) is 10.5. The summed E-state index contributed by atoms with van der Waals surface area (Å²) < 4.78 is 0. The summed E-state index contributed by atoms with van der Waals surface area (Å²) in [4.78, 5) is 22.9. The van der Waals surface area contributed by atoms with Crippen molar-refractivity contribution < 1.29 is 9.72 Å². The summed E-state index contributed by atoms with van der Waals surface area (Å²) in [5.41, 5.74) is 1.45. The van der Waals surface area contributed by atoms with Crippen LogP contribution in [0.25, 0.3) is 10.8 Å². The zero-order valence-corrected chi connectivity index (χ0v) is 12.4. The lowest BCUT2D eigenvalue weighted by molar-refractivity contribution is -0.385. The number of benzene rings is 3. The Bertz CT molecular complexity index is 919. The molecule has 0 spiro atoms. The third-order valence-corrected chi connectivity index (χ3v) is 3.68. The van der Waals surface area contributed by atoms with Crippen LogP contribution in [-0.4, -0.2) is 10.8 Å². The van der Waals surface area contributed by atoms with Crippen molar-refractivity contribution in [1.29, 1.82) is 0 Å². The molecular formula is C18H14N2O3. The molecule has 0 heterocycles. The van der Waals surface area contributed by atoms with Gasteiger partial charge in [0.05, 0.1) is 4.92 Å². The average molecular weight is 306 g/mol. The van der Waals surface area contributed by atoms with Crippen molar-refractivity contribution in [2.75, 3.05) is 5.32 Å². The SMILES string of the molecule is Cc1ccc(NC(=O)c2ccc3ccccc3c2)cc1[N+](=O)[O-]. The molecule has 0 radical (unpaired) electrons. The Morgan fingerprint density at radius 1 is 1.00 bits per heavy atom. The van der Waals surface area contributed by atoms with E-state index in [1.54, 1.807) is 31.2 Å². The number of amides is 1. The van der Waals surface area contributed by atoms with Crippen LogP contribution in [0.4, 0.5) is 11.4 Å². The van der Waals surface area contributed by atoms with Gasteiger partial charge in [0.25, 0.3) is 11.6 Å². The second-order valence-corrected chi connectivity index (χ2v) is 5.27. The number of carbonyl (C=O) groups is 1. The van der Waals surface area contributed by atoms with E-state index in [1.807, 2.05) is 30.3 Å². The van der Waals surface area contributed by atoms with E-state index in [0.29, 0.717) is 16.8 Å². The summed E-state index contributed by atoms with van der Waals surface area (Å²) >= 11 is 0. The lowest BCUT2D eigenvalue weighted by atomic mass is 10.1. The molecule has 114 valence electrons. The Morgan fingerprint density at radius 3 is 2.48 bits per heavy atom. The molecule has 0 aromatic heterocycles. The van der Waals surface area contributed by atoms with E-state index < -0.39 is 4.92 Å². The molecule has 0 unspecified atom stereocenters. The molecule has 23 heavy (non-hydrogen) atoms. The molecule has 1 amide bonds. The van der Waals surface area contributed by atoms with Crippen molar-refractivity contribution in [2.45, 2.75) is 6.92 Å². The maximum absolute atomic E-state index is 12.3. The van der Waals surface area contributed by atoms with Crippen molar-refractivity contribution in [3.8, 4) is 0 Å². The van der Waals surface area contributed by atoms with E-state index >= 15 is 0 Å². The number of carbonyl (C=O) groups excluding carboxylic acids is 1. The molecule has 3 rings (SSSR count). The highest BCUT2D eigenvalue weighted by Gasteiger charge is 2.13. The van der Waals surface area contributed by atoms with E-state index in [-0.39, 0.29) is 11.6 Å². The molecule has 0 aliphatic rings. The van der Waals surface area contributed by atoms with Crippen molar-refractivity contribution in [3.63, 3.8) is 0 Å². The first-order valence-electron chi connectivity index (χ1n) is 7.10. The summed E-state index contributed by atoms with van der Waals surface area (Å²) in [6, 6.07) is 17.8. The van der Waals surface area contributed by atoms with E-state index in [4.69, 9.17) is 0 Å². The summed E-state index contributed by atoms with van der Waals surface area (Å²) in [5, 5.41) is 15.7. The number of rotatable bonds is 3. The smallest absolute Gasteiger partial charge is 0.274 e. The fraction of sp³-hybridized carbons (Fsp3) is 0.0556. The Balaban J connectivity index is 1.88. The largest absolute Gasteiger partial charge is 0.322 e. The first-order valence-corrected chi connectivity index (χ1v) is 7.10. The minimum atomic E-state index is -0.457. The first-order chi connectivity index (χ1) is 11.0. The molecule has 3 aromatic rings. The van der Waals surface area contributed by atoms with Gasteiger partial charge in [-0.2, -0.15) is 0 Å². The highest BCUT2D eigenvalue weighted by Crippen LogP contribution is 2.23. The second kappa shape index (κ2) is 5.88. The van der Waals surface area contributed by atoms with Crippen LogP contribution >= 0.6 is 0 Å². The number of nitro groups is 1. The predicted molar refractivity (Wildman–Crippen MR) is 89.7 cm³/mol. The van der Waals surface area contributed by atoms with Crippen molar-refractivity contribution in [1.82, 2.24) is 0 Å². The molecule has 0 saturated carbocycles. The molecular weight excluding hydrogens is 292 g/mol. The number of nitrogens with one attached hydrogen (secondary N) is 1. The minimum absolute atomic E-state index is 0.0127. The fourth-order valence-electron chi connectivity index (χ4n) is 2.42. The number of hydrogen-bond acceptors (Lipinski definition) is 3. The van der Waals surface area contributed by atoms with Gasteiger partial charge < -0.3 is 5.32 Å². The van der Waals surface area contributed by atoms with Crippen LogP contribution in [0.3, 0.4) is 0 Å². The molecule has 3 aromatic carbocycles. The van der Waals surface area contributed by atoms with Gasteiger partial charge in [-0.3, -0.25) is 14.9 Å². The topological polar surface area (TPSA) is 72.2 Å². The van der Waals surface area contributed by atoms with Gasteiger partial charge in [-0.05, 0) is 35.9 Å². The van der Waals surface area contributed by atoms with Crippen molar-refractivity contribution >= 4 is 28.1 Å². The lowest BCUT2D eigenvalue weighted by Gasteiger charge is -2.07. The van der Waals surface area contributed by atoms with Gasteiger partial charge in [-0.25, -0.2) is 0 Å². The molecule has 0 saturated heterocycles. The van der Waals surface area contributed by atoms with Crippen LogP contribution in [0.1, 0.15) is 15.9 Å². The first kappa shape index (κ1) is 14.7. The highest BCUT2D eigenvalue weighted by molar-refractivity contribution is 6.06. The standard InChI is InChI=1S/C18H14N2O3/c1-12-6-9-16(11-17(12)20(22)23)19-18(21)15-8-7-13-4-2-3-5-14(13)10-15/h2-11H,1H3,(H,19,21). The molecule has 0 fully saturated rings. The third-order valence-electron chi connectivity index (χ3n) is 3.68. The Hall–Kier alpha value is -3.21. The Labute approximate surface area is 132 Å². The van der Waals surface area contributed by atoms with Crippen LogP contribution in [0.5, 0.6) is 0 Å². The second-order valence-electron chi connectivity index (χ2n) is 5.27. The molecule has 0 atom stereocenters. The summed E-state index contributed by atoms with van der Waals surface area (Å²) in [7, 11) is 0. The highest BCUT2D eigenvalue weighted by atomic mass is 16.6. The van der Waals surface area contributed by atoms with Crippen LogP contribution in [-0.2, 0) is 0 Å². The van der Waals surface area contributed by atoms with Gasteiger partial charge in [0.2, 0.25) is 0 Å². The number of nitro benzene ring substituents is 1. The number of fused-ring (bicyclic) bond motifs is 1. The lowest BCUT2D eigenvalue weighted by Crippen LogP contribution is -2.12. The van der Waals surface area contributed by atoms with Gasteiger partial charge in [-0.1, -0.05) is 36.4 Å². The molecule has 0 aliphatic heterocycles. The Kier molecular flexibility index (Phi) is 3.76. The van der Waals surface area contributed by atoms with Gasteiger partial charge in [0, 0.05) is 22.9 Å². The molecule has 0 aliphatic carbocycles. The van der Waals surface area contributed by atoms with Crippen LogP contribution in [0.2, 0.25) is 0 Å². The molecule has 5 heteroatoms. The van der Waals surface area contributed by atoms with Crippen molar-refractivity contribution in [3.05, 3.63) is 81.9 Å². The van der Waals surface area contributed by atoms with E-state index in [2.05, 4.69) is 5.32 Å². The van der Waals surface area contributed by atoms with E-state index in [0.717, 1.165) is 10.8 Å². The van der Waals surface area contributed by atoms with Crippen LogP contribution in [0, 0.1) is 17.0 Å². The summed E-state index contributed by atoms with van der Waals surface area (Å²) in [5.74, 6) is -0.297.